The van der Waals surface area contributed by atoms with Crippen LogP contribution in [0.25, 0.3) is 0 Å². The fraction of sp³-hybridized carbons (Fsp3) is 1.00. The first kappa shape index (κ1) is 13.5. The molecule has 2 nitrogen and oxygen atoms in total. The third-order valence-electron chi connectivity index (χ3n) is 1.61. The molecule has 1 unspecified atom stereocenters. The summed E-state index contributed by atoms with van der Waals surface area (Å²) in [5.74, 6) is 0.667. The molecule has 0 aromatic rings. The quantitative estimate of drug-likeness (QED) is 0.643. The molecule has 0 bridgehead atoms. The molecule has 0 amide bonds. The monoisotopic (exact) mass is 160 g/mol. The molecular formula is C9H24N2. The first-order valence-corrected chi connectivity index (χ1v) is 4.75. The fourth-order valence-corrected chi connectivity index (χ4v) is 1.02. The van der Waals surface area contributed by atoms with Crippen molar-refractivity contribution in [2.24, 2.45) is 17.4 Å². The maximum absolute atomic E-state index is 5.49. The van der Waals surface area contributed by atoms with E-state index >= 15 is 0 Å². The Labute approximate surface area is 71.3 Å². The van der Waals surface area contributed by atoms with E-state index < -0.39 is 0 Å². The van der Waals surface area contributed by atoms with Crippen LogP contribution in [0.4, 0.5) is 0 Å². The lowest BCUT2D eigenvalue weighted by Gasteiger charge is -2.10. The summed E-state index contributed by atoms with van der Waals surface area (Å²) >= 11 is 0. The van der Waals surface area contributed by atoms with Gasteiger partial charge in [0, 0.05) is 0 Å². The summed E-state index contributed by atoms with van der Waals surface area (Å²) in [6.07, 6.45) is 3.54. The Morgan fingerprint density at radius 3 is 1.91 bits per heavy atom. The van der Waals surface area contributed by atoms with Gasteiger partial charge in [0.05, 0.1) is 0 Å². The Balaban J connectivity index is 0. The molecule has 4 N–H and O–H groups in total. The van der Waals surface area contributed by atoms with E-state index in [1.165, 1.54) is 12.8 Å². The lowest BCUT2D eigenvalue weighted by Crippen LogP contribution is -2.17. The van der Waals surface area contributed by atoms with Gasteiger partial charge < -0.3 is 11.5 Å². The van der Waals surface area contributed by atoms with Gasteiger partial charge in [-0.25, -0.2) is 0 Å². The summed E-state index contributed by atoms with van der Waals surface area (Å²) in [7, 11) is 0. The van der Waals surface area contributed by atoms with Crippen molar-refractivity contribution in [3.63, 3.8) is 0 Å². The first-order valence-electron chi connectivity index (χ1n) is 4.75. The predicted molar refractivity (Wildman–Crippen MR) is 52.5 cm³/mol. The molecule has 2 heteroatoms. The highest BCUT2D eigenvalue weighted by Crippen LogP contribution is 2.07. The molecular weight excluding hydrogens is 136 g/mol. The second-order valence-corrected chi connectivity index (χ2v) is 2.47. The molecule has 0 aliphatic rings. The largest absolute Gasteiger partial charge is 0.330 e. The van der Waals surface area contributed by atoms with Gasteiger partial charge in [-0.3, -0.25) is 0 Å². The summed E-state index contributed by atoms with van der Waals surface area (Å²) in [6.45, 7) is 7.76. The molecule has 0 aromatic heterocycles. The van der Waals surface area contributed by atoms with Gasteiger partial charge in [0.25, 0.3) is 0 Å². The van der Waals surface area contributed by atoms with Gasteiger partial charge in [-0.2, -0.15) is 0 Å². The topological polar surface area (TPSA) is 52.0 Å². The zero-order valence-electron chi connectivity index (χ0n) is 8.27. The third-order valence-corrected chi connectivity index (χ3v) is 1.61. The highest BCUT2D eigenvalue weighted by atomic mass is 14.6. The second-order valence-electron chi connectivity index (χ2n) is 2.47. The second kappa shape index (κ2) is 12.6. The molecule has 70 valence electrons. The van der Waals surface area contributed by atoms with Crippen LogP contribution in [-0.4, -0.2) is 13.1 Å². The van der Waals surface area contributed by atoms with Crippen molar-refractivity contribution in [3.8, 4) is 0 Å². The Hall–Kier alpha value is -0.0800. The van der Waals surface area contributed by atoms with Gasteiger partial charge in [0.15, 0.2) is 0 Å². The van der Waals surface area contributed by atoms with Crippen LogP contribution in [0.1, 0.15) is 40.0 Å². The van der Waals surface area contributed by atoms with Gasteiger partial charge in [-0.15, -0.1) is 0 Å². The summed E-state index contributed by atoms with van der Waals surface area (Å²) in [4.78, 5) is 0. The molecule has 0 aliphatic carbocycles. The smallest absolute Gasteiger partial charge is 0.00484 e. The van der Waals surface area contributed by atoms with Crippen LogP contribution in [0, 0.1) is 5.92 Å². The Bertz CT molecular complexity index is 49.5. The van der Waals surface area contributed by atoms with Crippen molar-refractivity contribution in [1.29, 1.82) is 0 Å². The molecule has 0 saturated heterocycles. The molecule has 0 aliphatic heterocycles. The van der Waals surface area contributed by atoms with Crippen molar-refractivity contribution >= 4 is 0 Å². The molecule has 0 radical (unpaired) electrons. The number of hydrogen-bond donors (Lipinski definition) is 2. The zero-order valence-corrected chi connectivity index (χ0v) is 8.27. The third kappa shape index (κ3) is 9.92. The molecule has 0 fully saturated rings. The minimum absolute atomic E-state index is 0.667. The number of hydrogen-bond acceptors (Lipinski definition) is 2. The Morgan fingerprint density at radius 2 is 1.64 bits per heavy atom. The van der Waals surface area contributed by atoms with Crippen LogP contribution in [-0.2, 0) is 0 Å². The molecule has 0 spiro atoms. The number of rotatable bonds is 5. The molecule has 0 aromatic carbocycles. The summed E-state index contributed by atoms with van der Waals surface area (Å²) in [5, 5.41) is 0. The minimum atomic E-state index is 0.667. The van der Waals surface area contributed by atoms with Crippen molar-refractivity contribution in [2.45, 2.75) is 40.0 Å². The highest BCUT2D eigenvalue weighted by molar-refractivity contribution is 4.58. The van der Waals surface area contributed by atoms with E-state index in [0.717, 1.165) is 19.5 Å². The lowest BCUT2D eigenvalue weighted by atomic mass is 10.0. The molecule has 1 atom stereocenters. The average molecular weight is 160 g/mol. The summed E-state index contributed by atoms with van der Waals surface area (Å²) in [6, 6.07) is 0. The van der Waals surface area contributed by atoms with Gasteiger partial charge in [0.2, 0.25) is 0 Å². The average Bonchev–Trinajstić information content (AvgIpc) is 2.08. The van der Waals surface area contributed by atoms with Crippen LogP contribution in [0.2, 0.25) is 0 Å². The van der Waals surface area contributed by atoms with Crippen LogP contribution < -0.4 is 11.5 Å². The van der Waals surface area contributed by atoms with E-state index in [1.54, 1.807) is 0 Å². The van der Waals surface area contributed by atoms with Crippen molar-refractivity contribution in [3.05, 3.63) is 0 Å². The molecule has 0 saturated carbocycles. The van der Waals surface area contributed by atoms with E-state index in [0.29, 0.717) is 5.92 Å². The van der Waals surface area contributed by atoms with Crippen LogP contribution in [0.15, 0.2) is 0 Å². The highest BCUT2D eigenvalue weighted by Gasteiger charge is 2.01. The standard InChI is InChI=1S/C7H18N2.C2H6/c1-2-3-7(6-9)4-5-8;1-2/h7H,2-6,8-9H2,1H3;1-2H3. The maximum atomic E-state index is 5.49. The molecule has 0 heterocycles. The number of nitrogens with two attached hydrogens (primary N) is 2. The van der Waals surface area contributed by atoms with Gasteiger partial charge >= 0.3 is 0 Å². The Morgan fingerprint density at radius 1 is 1.09 bits per heavy atom. The maximum Gasteiger partial charge on any atom is -0.00484 e. The first-order chi connectivity index (χ1) is 5.35. The summed E-state index contributed by atoms with van der Waals surface area (Å²) in [5.41, 5.74) is 10.9. The van der Waals surface area contributed by atoms with E-state index in [4.69, 9.17) is 11.5 Å². The van der Waals surface area contributed by atoms with Crippen molar-refractivity contribution < 1.29 is 0 Å². The lowest BCUT2D eigenvalue weighted by molar-refractivity contribution is 0.462. The van der Waals surface area contributed by atoms with Crippen LogP contribution in [0.3, 0.4) is 0 Å². The van der Waals surface area contributed by atoms with E-state index in [1.807, 2.05) is 13.8 Å². The van der Waals surface area contributed by atoms with Gasteiger partial charge in [-0.1, -0.05) is 27.2 Å². The van der Waals surface area contributed by atoms with Gasteiger partial charge in [-0.05, 0) is 31.8 Å². The minimum Gasteiger partial charge on any atom is -0.330 e. The van der Waals surface area contributed by atoms with Crippen LogP contribution >= 0.6 is 0 Å². The van der Waals surface area contributed by atoms with E-state index in [2.05, 4.69) is 6.92 Å². The zero-order chi connectivity index (χ0) is 9.11. The summed E-state index contributed by atoms with van der Waals surface area (Å²) < 4.78 is 0. The Kier molecular flexibility index (Phi) is 15.4. The van der Waals surface area contributed by atoms with Crippen molar-refractivity contribution in [2.75, 3.05) is 13.1 Å². The SMILES string of the molecule is CC.CCCC(CN)CCN. The molecule has 11 heavy (non-hydrogen) atoms. The van der Waals surface area contributed by atoms with E-state index in [-0.39, 0.29) is 0 Å². The fourth-order valence-electron chi connectivity index (χ4n) is 1.02. The predicted octanol–water partition coefficient (Wildman–Crippen LogP) is 1.74. The van der Waals surface area contributed by atoms with E-state index in [9.17, 15) is 0 Å². The normalized spacial score (nSPS) is 11.7. The van der Waals surface area contributed by atoms with Crippen LogP contribution in [0.5, 0.6) is 0 Å². The van der Waals surface area contributed by atoms with Crippen molar-refractivity contribution in [1.82, 2.24) is 0 Å². The molecule has 0 rings (SSSR count). The van der Waals surface area contributed by atoms with Gasteiger partial charge in [0.1, 0.15) is 0 Å².